The lowest BCUT2D eigenvalue weighted by Gasteiger charge is -2.21. The number of fused-ring (bicyclic) bond motifs is 3. The molecule has 360 valence electrons. The van der Waals surface area contributed by atoms with E-state index >= 15 is 0 Å². The van der Waals surface area contributed by atoms with Crippen LogP contribution >= 0.6 is 0 Å². The predicted octanol–water partition coefficient (Wildman–Crippen LogP) is 15.2. The molecule has 6 nitrogen and oxygen atoms in total. The summed E-state index contributed by atoms with van der Waals surface area (Å²) in [6.45, 7) is 13.0. The highest BCUT2D eigenvalue weighted by Crippen LogP contribution is 2.45. The van der Waals surface area contributed by atoms with Crippen molar-refractivity contribution in [3.8, 4) is 50.6 Å². The highest BCUT2D eigenvalue weighted by atomic mass is 16.5. The van der Waals surface area contributed by atoms with Gasteiger partial charge in [-0.2, -0.15) is 0 Å². The van der Waals surface area contributed by atoms with Gasteiger partial charge in [-0.05, 0) is 194 Å². The summed E-state index contributed by atoms with van der Waals surface area (Å²) in [5.74, 6) is 2.21. The van der Waals surface area contributed by atoms with Crippen LogP contribution in [0.15, 0.2) is 164 Å². The third-order valence-electron chi connectivity index (χ3n) is 13.9. The van der Waals surface area contributed by atoms with Gasteiger partial charge in [0.15, 0.2) is 0 Å². The van der Waals surface area contributed by atoms with Crippen LogP contribution in [-0.4, -0.2) is 15.3 Å². The van der Waals surface area contributed by atoms with Crippen LogP contribution < -0.4 is 14.2 Å². The van der Waals surface area contributed by atoms with Gasteiger partial charge in [-0.1, -0.05) is 127 Å². The molecule has 10 rings (SSSR count). The first-order chi connectivity index (χ1) is 35.0. The Labute approximate surface area is 422 Å². The normalized spacial score (nSPS) is 11.5. The van der Waals surface area contributed by atoms with Gasteiger partial charge in [-0.15, -0.1) is 0 Å². The molecule has 0 fully saturated rings. The van der Waals surface area contributed by atoms with Crippen molar-refractivity contribution in [1.82, 2.24) is 0 Å². The van der Waals surface area contributed by atoms with Crippen molar-refractivity contribution in [3.63, 3.8) is 0 Å². The number of aliphatic hydroxyl groups excluding tert-OH is 3. The van der Waals surface area contributed by atoms with Crippen molar-refractivity contribution >= 4 is 32.3 Å². The molecule has 0 heterocycles. The molecule has 72 heavy (non-hydrogen) atoms. The molecule has 0 amide bonds. The van der Waals surface area contributed by atoms with E-state index in [0.29, 0.717) is 0 Å². The summed E-state index contributed by atoms with van der Waals surface area (Å²) in [7, 11) is 0. The topological polar surface area (TPSA) is 88.4 Å². The predicted molar refractivity (Wildman–Crippen MR) is 294 cm³/mol. The van der Waals surface area contributed by atoms with E-state index in [-0.39, 0.29) is 39.6 Å². The van der Waals surface area contributed by atoms with Crippen molar-refractivity contribution in [2.24, 2.45) is 0 Å². The van der Waals surface area contributed by atoms with Gasteiger partial charge in [-0.3, -0.25) is 0 Å². The fourth-order valence-corrected chi connectivity index (χ4v) is 10.9. The number of hydrogen-bond donors (Lipinski definition) is 3. The first kappa shape index (κ1) is 47.9. The summed E-state index contributed by atoms with van der Waals surface area (Å²) in [5, 5.41) is 38.5. The zero-order chi connectivity index (χ0) is 50.0. The Hall–Kier alpha value is -7.74. The van der Waals surface area contributed by atoms with E-state index < -0.39 is 0 Å². The highest BCUT2D eigenvalue weighted by Gasteiger charge is 2.22. The molecule has 6 heteroatoms. The minimum Gasteiger partial charge on any atom is -0.488 e. The van der Waals surface area contributed by atoms with E-state index in [9.17, 15) is 15.3 Å². The zero-order valence-corrected chi connectivity index (χ0v) is 41.9. The first-order valence-corrected chi connectivity index (χ1v) is 24.7. The largest absolute Gasteiger partial charge is 0.488 e. The van der Waals surface area contributed by atoms with Crippen molar-refractivity contribution in [2.45, 2.75) is 81.2 Å². The summed E-state index contributed by atoms with van der Waals surface area (Å²) < 4.78 is 20.9. The van der Waals surface area contributed by atoms with E-state index in [2.05, 4.69) is 151 Å². The van der Waals surface area contributed by atoms with Crippen LogP contribution in [0, 0.1) is 41.5 Å². The van der Waals surface area contributed by atoms with Gasteiger partial charge in [-0.25, -0.2) is 0 Å². The maximum atomic E-state index is 10.7. The number of hydrogen-bond acceptors (Lipinski definition) is 6. The molecule has 0 radical (unpaired) electrons. The third kappa shape index (κ3) is 9.45. The second kappa shape index (κ2) is 20.5. The molecule has 0 saturated carbocycles. The van der Waals surface area contributed by atoms with Gasteiger partial charge in [0.2, 0.25) is 0 Å². The average molecular weight is 949 g/mol. The quantitative estimate of drug-likeness (QED) is 0.0949. The molecular formula is C66H60O6. The molecule has 3 N–H and O–H groups in total. The Morgan fingerprint density at radius 1 is 0.306 bits per heavy atom. The van der Waals surface area contributed by atoms with Crippen LogP contribution in [0.1, 0.15) is 66.8 Å². The lowest BCUT2D eigenvalue weighted by Crippen LogP contribution is -2.06. The Morgan fingerprint density at radius 2 is 0.583 bits per heavy atom. The van der Waals surface area contributed by atoms with Crippen LogP contribution in [0.5, 0.6) is 17.2 Å². The summed E-state index contributed by atoms with van der Waals surface area (Å²) in [4.78, 5) is 0. The maximum absolute atomic E-state index is 10.7. The van der Waals surface area contributed by atoms with Crippen LogP contribution in [0.4, 0.5) is 0 Å². The van der Waals surface area contributed by atoms with E-state index in [1.807, 2.05) is 54.6 Å². The van der Waals surface area contributed by atoms with Crippen LogP contribution in [0.3, 0.4) is 0 Å². The molecule has 0 aliphatic rings. The van der Waals surface area contributed by atoms with Gasteiger partial charge < -0.3 is 29.5 Å². The minimum atomic E-state index is -0.105. The van der Waals surface area contributed by atoms with Crippen molar-refractivity contribution < 1.29 is 29.5 Å². The summed E-state index contributed by atoms with van der Waals surface area (Å²) in [6.07, 6.45) is 0. The molecule has 10 aromatic rings. The SMILES string of the molecule is Cc1cc(C)c(-c2c(CO)ccc3ccccc23)c(OCc2cc(COc3cc(C)cc(C)c3-c3c(CO)ccc4ccccc34)cc(COc3cc(C)cc(C)c3-c3c(CO)ccc4ccccc34)c2)c1. The van der Waals surface area contributed by atoms with Crippen LogP contribution in [0.25, 0.3) is 65.7 Å². The number of aryl methyl sites for hydroxylation is 6. The Balaban J connectivity index is 1.06. The molecule has 10 aromatic carbocycles. The smallest absolute Gasteiger partial charge is 0.128 e. The van der Waals surface area contributed by atoms with Crippen molar-refractivity contribution in [2.75, 3.05) is 0 Å². The van der Waals surface area contributed by atoms with Gasteiger partial charge in [0.05, 0.1) is 19.8 Å². The van der Waals surface area contributed by atoms with Crippen molar-refractivity contribution in [3.05, 3.63) is 231 Å². The maximum Gasteiger partial charge on any atom is 0.128 e. The summed E-state index contributed by atoms with van der Waals surface area (Å²) >= 11 is 0. The molecule has 0 aromatic heterocycles. The van der Waals surface area contributed by atoms with Gasteiger partial charge in [0, 0.05) is 16.7 Å². The molecular weight excluding hydrogens is 889 g/mol. The molecule has 0 saturated heterocycles. The van der Waals surface area contributed by atoms with E-state index in [1.165, 1.54) is 0 Å². The molecule has 0 unspecified atom stereocenters. The first-order valence-electron chi connectivity index (χ1n) is 24.7. The Morgan fingerprint density at radius 3 is 0.861 bits per heavy atom. The standard InChI is InChI=1S/C66H60O6/c1-40-25-43(4)61(64-52(34-67)22-19-49-13-7-10-16-55(49)64)58(28-40)70-37-46-31-47(38-71-59-29-41(2)26-44(5)62(59)65-53(35-68)23-20-50-14-8-11-17-56(50)65)33-48(32-46)39-72-60-30-42(3)27-45(6)63(60)66-54(36-69)24-21-51-15-9-12-18-57(51)66/h7-33,67-69H,34-39H2,1-6H3. The number of ether oxygens (including phenoxy) is 3. The van der Waals surface area contributed by atoms with E-state index in [1.54, 1.807) is 0 Å². The molecule has 0 aliphatic carbocycles. The van der Waals surface area contributed by atoms with Gasteiger partial charge in [0.1, 0.15) is 37.1 Å². The Bertz CT molecular complexity index is 3290. The third-order valence-corrected chi connectivity index (χ3v) is 13.9. The monoisotopic (exact) mass is 948 g/mol. The lowest BCUT2D eigenvalue weighted by atomic mass is 9.89. The molecule has 0 spiro atoms. The number of rotatable bonds is 15. The second-order valence-electron chi connectivity index (χ2n) is 19.3. The van der Waals surface area contributed by atoms with Gasteiger partial charge in [0.25, 0.3) is 0 Å². The fourth-order valence-electron chi connectivity index (χ4n) is 10.9. The lowest BCUT2D eigenvalue weighted by molar-refractivity contribution is 0.282. The fraction of sp³-hybridized carbons (Fsp3) is 0.182. The zero-order valence-electron chi connectivity index (χ0n) is 41.9. The van der Waals surface area contributed by atoms with E-state index in [0.717, 1.165) is 150 Å². The van der Waals surface area contributed by atoms with Crippen molar-refractivity contribution in [1.29, 1.82) is 0 Å². The molecule has 0 bridgehead atoms. The van der Waals surface area contributed by atoms with Crippen LogP contribution in [0.2, 0.25) is 0 Å². The molecule has 0 aliphatic heterocycles. The number of benzene rings is 10. The highest BCUT2D eigenvalue weighted by molar-refractivity contribution is 6.03. The second-order valence-corrected chi connectivity index (χ2v) is 19.3. The summed E-state index contributed by atoms with van der Waals surface area (Å²) in [6, 6.07) is 56.3. The van der Waals surface area contributed by atoms with Gasteiger partial charge >= 0.3 is 0 Å². The number of aliphatic hydroxyl groups is 3. The summed E-state index contributed by atoms with van der Waals surface area (Å²) in [5.41, 5.74) is 17.5. The average Bonchev–Trinajstić information content (AvgIpc) is 3.38. The molecule has 0 atom stereocenters. The van der Waals surface area contributed by atoms with E-state index in [4.69, 9.17) is 14.2 Å². The Kier molecular flexibility index (Phi) is 13.7. The minimum absolute atomic E-state index is 0.105. The van der Waals surface area contributed by atoms with Crippen LogP contribution in [-0.2, 0) is 39.6 Å².